The molecular formula is C9H7Br3O. The van der Waals surface area contributed by atoms with Crippen molar-refractivity contribution in [2.75, 3.05) is 0 Å². The Kier molecular flexibility index (Phi) is 4.16. The number of halogens is 3. The van der Waals surface area contributed by atoms with Crippen molar-refractivity contribution in [2.24, 2.45) is 0 Å². The first-order valence-corrected chi connectivity index (χ1v) is 5.89. The molecule has 1 N–H and O–H groups in total. The smallest absolute Gasteiger partial charge is 0.0980 e. The van der Waals surface area contributed by atoms with Crippen LogP contribution in [0.25, 0.3) is 0 Å². The summed E-state index contributed by atoms with van der Waals surface area (Å²) >= 11 is 10.1. The van der Waals surface area contributed by atoms with Crippen LogP contribution in [-0.2, 0) is 0 Å². The first kappa shape index (κ1) is 11.4. The minimum atomic E-state index is -0.650. The lowest BCUT2D eigenvalue weighted by molar-refractivity contribution is 0.228. The van der Waals surface area contributed by atoms with Crippen molar-refractivity contribution in [3.05, 3.63) is 43.8 Å². The quantitative estimate of drug-likeness (QED) is 0.611. The van der Waals surface area contributed by atoms with Gasteiger partial charge in [0.2, 0.25) is 0 Å². The van der Waals surface area contributed by atoms with Gasteiger partial charge in [-0.25, -0.2) is 0 Å². The molecule has 0 amide bonds. The molecule has 1 atom stereocenters. The highest BCUT2D eigenvalue weighted by molar-refractivity contribution is 9.13. The van der Waals surface area contributed by atoms with E-state index in [9.17, 15) is 5.11 Å². The summed E-state index contributed by atoms with van der Waals surface area (Å²) in [6.07, 6.45) is 0.835. The van der Waals surface area contributed by atoms with E-state index in [4.69, 9.17) is 0 Å². The van der Waals surface area contributed by atoms with Crippen LogP contribution in [0.5, 0.6) is 0 Å². The van der Waals surface area contributed by atoms with E-state index in [0.29, 0.717) is 0 Å². The summed E-state index contributed by atoms with van der Waals surface area (Å²) < 4.78 is 2.67. The van der Waals surface area contributed by atoms with Gasteiger partial charge in [0.1, 0.15) is 0 Å². The summed E-state index contributed by atoms with van der Waals surface area (Å²) in [4.78, 5) is 0. The molecule has 1 aromatic rings. The van der Waals surface area contributed by atoms with E-state index in [0.717, 1.165) is 19.0 Å². The van der Waals surface area contributed by atoms with Gasteiger partial charge in [-0.3, -0.25) is 0 Å². The Bertz CT molecular complexity index is 336. The van der Waals surface area contributed by atoms with Crippen molar-refractivity contribution in [2.45, 2.75) is 6.10 Å². The van der Waals surface area contributed by atoms with Crippen LogP contribution in [0.3, 0.4) is 0 Å². The van der Waals surface area contributed by atoms with E-state index in [1.54, 1.807) is 0 Å². The summed E-state index contributed by atoms with van der Waals surface area (Å²) in [5, 5.41) is 9.57. The number of aliphatic hydroxyl groups excluding tert-OH is 1. The Hall–Kier alpha value is 0.360. The van der Waals surface area contributed by atoms with Crippen molar-refractivity contribution in [1.82, 2.24) is 0 Å². The molecule has 0 saturated heterocycles. The van der Waals surface area contributed by atoms with Crippen molar-refractivity contribution >= 4 is 47.8 Å². The summed E-state index contributed by atoms with van der Waals surface area (Å²) in [6.45, 7) is 3.54. The molecule has 0 saturated carbocycles. The maximum absolute atomic E-state index is 9.57. The van der Waals surface area contributed by atoms with Crippen LogP contribution in [0.4, 0.5) is 0 Å². The Morgan fingerprint density at radius 3 is 2.46 bits per heavy atom. The molecule has 1 aromatic carbocycles. The van der Waals surface area contributed by atoms with Crippen LogP contribution < -0.4 is 0 Å². The second-order valence-electron chi connectivity index (χ2n) is 2.47. The molecule has 0 aliphatic rings. The van der Waals surface area contributed by atoms with Crippen LogP contribution in [0.15, 0.2) is 38.2 Å². The van der Waals surface area contributed by atoms with Gasteiger partial charge in [-0.2, -0.15) is 0 Å². The number of aliphatic hydroxyl groups is 1. The number of rotatable bonds is 2. The average molecular weight is 371 g/mol. The van der Waals surface area contributed by atoms with Gasteiger partial charge in [-0.05, 0) is 44.0 Å². The zero-order chi connectivity index (χ0) is 10.0. The zero-order valence-electron chi connectivity index (χ0n) is 6.60. The molecular weight excluding hydrogens is 364 g/mol. The predicted molar refractivity (Wildman–Crippen MR) is 64.7 cm³/mol. The Balaban J connectivity index is 3.27. The average Bonchev–Trinajstić information content (AvgIpc) is 2.10. The minimum Gasteiger partial charge on any atom is -0.384 e. The van der Waals surface area contributed by atoms with Gasteiger partial charge in [-0.1, -0.05) is 22.0 Å². The highest BCUT2D eigenvalue weighted by atomic mass is 79.9. The van der Waals surface area contributed by atoms with Crippen LogP contribution >= 0.6 is 47.8 Å². The maximum atomic E-state index is 9.57. The fraction of sp³-hybridized carbons (Fsp3) is 0.111. The van der Waals surface area contributed by atoms with Crippen molar-refractivity contribution in [1.29, 1.82) is 0 Å². The van der Waals surface area contributed by atoms with Gasteiger partial charge >= 0.3 is 0 Å². The summed E-state index contributed by atoms with van der Waals surface area (Å²) in [5.74, 6) is 0. The fourth-order valence-corrected chi connectivity index (χ4v) is 2.64. The first-order valence-electron chi connectivity index (χ1n) is 3.51. The first-order chi connectivity index (χ1) is 6.06. The Morgan fingerprint density at radius 2 is 1.92 bits per heavy atom. The molecule has 0 aliphatic carbocycles. The second kappa shape index (κ2) is 4.73. The van der Waals surface area contributed by atoms with Crippen molar-refractivity contribution < 1.29 is 5.11 Å². The van der Waals surface area contributed by atoms with Crippen LogP contribution in [0.2, 0.25) is 0 Å². The third-order valence-electron chi connectivity index (χ3n) is 1.56. The van der Waals surface area contributed by atoms with Crippen LogP contribution in [0, 0.1) is 0 Å². The minimum absolute atomic E-state index is 0.650. The lowest BCUT2D eigenvalue weighted by Gasteiger charge is -2.10. The maximum Gasteiger partial charge on any atom is 0.0980 e. The Labute approximate surface area is 102 Å². The molecule has 1 unspecified atom stereocenters. The molecule has 1 nitrogen and oxygen atoms in total. The third kappa shape index (κ3) is 2.65. The van der Waals surface area contributed by atoms with Gasteiger partial charge in [0.05, 0.1) is 6.10 Å². The Morgan fingerprint density at radius 1 is 1.31 bits per heavy atom. The van der Waals surface area contributed by atoms with Gasteiger partial charge in [0, 0.05) is 19.0 Å². The van der Waals surface area contributed by atoms with Crippen LogP contribution in [0.1, 0.15) is 11.7 Å². The molecule has 13 heavy (non-hydrogen) atoms. The highest BCUT2D eigenvalue weighted by Gasteiger charge is 2.11. The molecule has 0 radical (unpaired) electrons. The number of benzene rings is 1. The van der Waals surface area contributed by atoms with E-state index in [2.05, 4.69) is 54.4 Å². The summed E-state index contributed by atoms with van der Waals surface area (Å²) in [7, 11) is 0. The lowest BCUT2D eigenvalue weighted by Crippen LogP contribution is -1.94. The molecule has 0 spiro atoms. The topological polar surface area (TPSA) is 20.2 Å². The molecule has 0 heterocycles. The van der Waals surface area contributed by atoms with Gasteiger partial charge in [0.25, 0.3) is 0 Å². The zero-order valence-corrected chi connectivity index (χ0v) is 11.4. The van der Waals surface area contributed by atoms with E-state index in [1.165, 1.54) is 6.08 Å². The summed E-state index contributed by atoms with van der Waals surface area (Å²) in [5.41, 5.74) is 0.788. The molecule has 0 aliphatic heterocycles. The van der Waals surface area contributed by atoms with Gasteiger partial charge < -0.3 is 5.11 Å². The van der Waals surface area contributed by atoms with Crippen LogP contribution in [-0.4, -0.2) is 5.11 Å². The molecule has 1 rings (SSSR count). The SMILES string of the molecule is C=CC(O)c1cc(Br)cc(Br)c1Br. The third-order valence-corrected chi connectivity index (χ3v) is 4.06. The monoisotopic (exact) mass is 368 g/mol. The number of hydrogen-bond acceptors (Lipinski definition) is 1. The largest absolute Gasteiger partial charge is 0.384 e. The van der Waals surface area contributed by atoms with Crippen molar-refractivity contribution in [3.63, 3.8) is 0 Å². The molecule has 0 fully saturated rings. The van der Waals surface area contributed by atoms with Crippen molar-refractivity contribution in [3.8, 4) is 0 Å². The predicted octanol–water partition coefficient (Wildman–Crippen LogP) is 4.19. The van der Waals surface area contributed by atoms with Gasteiger partial charge in [0.15, 0.2) is 0 Å². The molecule has 4 heteroatoms. The molecule has 0 bridgehead atoms. The van der Waals surface area contributed by atoms with E-state index >= 15 is 0 Å². The fourth-order valence-electron chi connectivity index (χ4n) is 0.918. The highest BCUT2D eigenvalue weighted by Crippen LogP contribution is 2.34. The van der Waals surface area contributed by atoms with E-state index in [-0.39, 0.29) is 0 Å². The standard InChI is InChI=1S/C9H7Br3O/c1-2-8(13)6-3-5(10)4-7(11)9(6)12/h2-4,8,13H,1H2. The summed E-state index contributed by atoms with van der Waals surface area (Å²) in [6, 6.07) is 3.75. The molecule has 0 aromatic heterocycles. The van der Waals surface area contributed by atoms with E-state index < -0.39 is 6.10 Å². The molecule has 70 valence electrons. The van der Waals surface area contributed by atoms with E-state index in [1.807, 2.05) is 12.1 Å². The van der Waals surface area contributed by atoms with Gasteiger partial charge in [-0.15, -0.1) is 6.58 Å². The normalized spacial score (nSPS) is 12.6. The second-order valence-corrected chi connectivity index (χ2v) is 5.03. The number of hydrogen-bond donors (Lipinski definition) is 1. The lowest BCUT2D eigenvalue weighted by atomic mass is 10.1.